The molecule has 3 aromatic carbocycles. The maximum atomic E-state index is 13.6. The topological polar surface area (TPSA) is 92.8 Å². The highest BCUT2D eigenvalue weighted by atomic mass is 127. The third kappa shape index (κ3) is 9.54. The predicted molar refractivity (Wildman–Crippen MR) is 196 cm³/mol. The number of nitrogens with zero attached hydrogens (tertiary/aromatic N) is 3. The van der Waals surface area contributed by atoms with Gasteiger partial charge in [0.05, 0.1) is 31.3 Å². The first-order chi connectivity index (χ1) is 23.2. The molecule has 0 radical (unpaired) electrons. The Morgan fingerprint density at radius 2 is 1.50 bits per heavy atom. The highest BCUT2D eigenvalue weighted by Crippen LogP contribution is 2.27. The fraction of sp³-hybridized carbons (Fsp3) is 0.459. The molecule has 5 rings (SSSR count). The van der Waals surface area contributed by atoms with Crippen LogP contribution < -0.4 is 19.7 Å². The second kappa shape index (κ2) is 17.2. The number of benzene rings is 3. The van der Waals surface area contributed by atoms with Gasteiger partial charge < -0.3 is 34.1 Å². The van der Waals surface area contributed by atoms with Crippen LogP contribution >= 0.6 is 22.6 Å². The van der Waals surface area contributed by atoms with E-state index in [1.807, 2.05) is 42.5 Å². The van der Waals surface area contributed by atoms with Gasteiger partial charge in [-0.1, -0.05) is 32.0 Å². The van der Waals surface area contributed by atoms with Gasteiger partial charge in [0.1, 0.15) is 27.5 Å². The largest absolute Gasteiger partial charge is 0.497 e. The van der Waals surface area contributed by atoms with Crippen LogP contribution in [0.4, 0.5) is 10.5 Å². The number of para-hydroxylation sites is 1. The summed E-state index contributed by atoms with van der Waals surface area (Å²) in [6, 6.07) is 24.3. The molecule has 1 N–H and O–H groups in total. The van der Waals surface area contributed by atoms with Gasteiger partial charge in [-0.25, -0.2) is 9.59 Å². The highest BCUT2D eigenvalue weighted by molar-refractivity contribution is 14.1. The molecule has 2 heterocycles. The third-order valence-corrected chi connectivity index (χ3v) is 10.3. The van der Waals surface area contributed by atoms with E-state index in [0.29, 0.717) is 36.7 Å². The maximum Gasteiger partial charge on any atom is 0.338 e. The number of halogens is 1. The summed E-state index contributed by atoms with van der Waals surface area (Å²) in [5, 5.41) is 3.20. The van der Waals surface area contributed by atoms with Gasteiger partial charge in [-0.2, -0.15) is 0 Å². The Bertz CT molecular complexity index is 1450. The van der Waals surface area contributed by atoms with E-state index in [9.17, 15) is 9.59 Å². The van der Waals surface area contributed by atoms with Crippen LogP contribution in [0.3, 0.4) is 0 Å². The zero-order valence-electron chi connectivity index (χ0n) is 28.2. The summed E-state index contributed by atoms with van der Waals surface area (Å²) in [7, 11) is 3.33. The van der Waals surface area contributed by atoms with Crippen molar-refractivity contribution in [2.75, 3.05) is 58.4 Å². The van der Waals surface area contributed by atoms with Crippen LogP contribution in [0.2, 0.25) is 0 Å². The summed E-state index contributed by atoms with van der Waals surface area (Å²) in [5.41, 5.74) is 1.59. The van der Waals surface area contributed by atoms with Gasteiger partial charge in [0.2, 0.25) is 0 Å². The Kier molecular flexibility index (Phi) is 12.8. The van der Waals surface area contributed by atoms with E-state index in [2.05, 4.69) is 63.7 Å². The summed E-state index contributed by atoms with van der Waals surface area (Å²) in [6.45, 7) is 8.49. The molecule has 2 amide bonds. The first-order valence-electron chi connectivity index (χ1n) is 16.6. The number of rotatable bonds is 12. The van der Waals surface area contributed by atoms with Crippen molar-refractivity contribution in [3.8, 4) is 17.2 Å². The summed E-state index contributed by atoms with van der Waals surface area (Å²) >= 11 is 2.23. The number of likely N-dealkylation sites (tertiary alicyclic amines) is 1. The number of methoxy groups -OCH3 is 2. The number of nitrogens with one attached hydrogen (secondary N) is 1. The van der Waals surface area contributed by atoms with E-state index in [1.165, 1.54) is 0 Å². The SMILES string of the molecule is COc1ccc(N2CCN([C@@H]3CCN(C(=O)NC(CC(C)C)C(I)OC)C[C@H]3OC(=O)c3ccc(Oc4ccccc4)cc3)CC2)cc1. The molecule has 258 valence electrons. The lowest BCUT2D eigenvalue weighted by atomic mass is 9.98. The second-order valence-corrected chi connectivity index (χ2v) is 13.9. The molecule has 48 heavy (non-hydrogen) atoms. The molecule has 2 fully saturated rings. The first-order valence-corrected chi connectivity index (χ1v) is 17.9. The number of anilines is 1. The van der Waals surface area contributed by atoms with Gasteiger partial charge in [0.25, 0.3) is 0 Å². The van der Waals surface area contributed by atoms with Crippen molar-refractivity contribution < 1.29 is 28.5 Å². The van der Waals surface area contributed by atoms with Crippen molar-refractivity contribution in [3.63, 3.8) is 0 Å². The molecule has 0 spiro atoms. The van der Waals surface area contributed by atoms with Crippen molar-refractivity contribution in [1.29, 1.82) is 0 Å². The van der Waals surface area contributed by atoms with E-state index in [-0.39, 0.29) is 22.2 Å². The van der Waals surface area contributed by atoms with E-state index < -0.39 is 12.1 Å². The molecule has 2 aliphatic heterocycles. The molecule has 0 aliphatic carbocycles. The molecule has 0 bridgehead atoms. The van der Waals surface area contributed by atoms with Crippen molar-refractivity contribution >= 4 is 40.3 Å². The lowest BCUT2D eigenvalue weighted by Crippen LogP contribution is -2.62. The number of esters is 1. The van der Waals surface area contributed by atoms with E-state index in [0.717, 1.165) is 49.8 Å². The normalized spacial score (nSPS) is 19.8. The molecular weight excluding hydrogens is 723 g/mol. The molecular formula is C37H47IN4O6. The van der Waals surface area contributed by atoms with Crippen molar-refractivity contribution in [3.05, 3.63) is 84.4 Å². The number of alkyl halides is 1. The van der Waals surface area contributed by atoms with E-state index in [4.69, 9.17) is 18.9 Å². The standard InChI is InChI=1S/C37H47IN4O6/c1-26(2)24-32(35(38)46-4)39-37(44)42-19-18-33(41-22-20-40(21-23-41)28-12-16-29(45-3)17-13-28)34(25-42)48-36(43)27-10-14-31(15-11-27)47-30-8-6-5-7-9-30/h5-17,26,32-35H,18-25H2,1-4H3,(H,39,44)/t32?,33-,34-,35?/m1/s1. The smallest absolute Gasteiger partial charge is 0.338 e. The van der Waals surface area contributed by atoms with Crippen LogP contribution in [-0.2, 0) is 9.47 Å². The molecule has 4 atom stereocenters. The van der Waals surface area contributed by atoms with Crippen LogP contribution in [0.25, 0.3) is 0 Å². The van der Waals surface area contributed by atoms with Gasteiger partial charge in [-0.3, -0.25) is 4.90 Å². The predicted octanol–water partition coefficient (Wildman–Crippen LogP) is 6.44. The average molecular weight is 771 g/mol. The minimum absolute atomic E-state index is 0.0144. The molecule has 10 nitrogen and oxygen atoms in total. The molecule has 2 aliphatic rings. The number of ether oxygens (including phenoxy) is 4. The number of amides is 2. The molecule has 2 unspecified atom stereocenters. The fourth-order valence-electron chi connectivity index (χ4n) is 6.37. The van der Waals surface area contributed by atoms with Crippen LogP contribution in [0.5, 0.6) is 17.2 Å². The van der Waals surface area contributed by atoms with E-state index >= 15 is 0 Å². The lowest BCUT2D eigenvalue weighted by Gasteiger charge is -2.46. The zero-order valence-corrected chi connectivity index (χ0v) is 30.4. The third-order valence-electron chi connectivity index (χ3n) is 8.94. The zero-order chi connectivity index (χ0) is 34.0. The Balaban J connectivity index is 1.27. The number of urea groups is 1. The molecule has 11 heteroatoms. The van der Waals surface area contributed by atoms with Crippen LogP contribution in [0.15, 0.2) is 78.9 Å². The summed E-state index contributed by atoms with van der Waals surface area (Å²) in [6.07, 6.45) is 1.00. The number of carbonyl (C=O) groups is 2. The Morgan fingerprint density at radius 3 is 2.12 bits per heavy atom. The minimum Gasteiger partial charge on any atom is -0.497 e. The van der Waals surface area contributed by atoms with Crippen molar-refractivity contribution in [2.24, 2.45) is 5.92 Å². The quantitative estimate of drug-likeness (QED) is 0.128. The Hall–Kier alpha value is -3.55. The summed E-state index contributed by atoms with van der Waals surface area (Å²) in [4.78, 5) is 33.7. The number of piperazine rings is 1. The Labute approximate surface area is 297 Å². The van der Waals surface area contributed by atoms with Crippen LogP contribution in [0, 0.1) is 5.92 Å². The molecule has 0 aromatic heterocycles. The lowest BCUT2D eigenvalue weighted by molar-refractivity contribution is -0.0315. The van der Waals surface area contributed by atoms with Gasteiger partial charge in [0.15, 0.2) is 0 Å². The average Bonchev–Trinajstić information content (AvgIpc) is 3.11. The highest BCUT2D eigenvalue weighted by Gasteiger charge is 2.39. The summed E-state index contributed by atoms with van der Waals surface area (Å²) < 4.78 is 22.9. The van der Waals surface area contributed by atoms with Gasteiger partial charge in [0, 0.05) is 45.5 Å². The number of hydrogen-bond donors (Lipinski definition) is 1. The molecule has 0 saturated carbocycles. The van der Waals surface area contributed by atoms with Crippen LogP contribution in [0.1, 0.15) is 37.0 Å². The monoisotopic (exact) mass is 770 g/mol. The van der Waals surface area contributed by atoms with Gasteiger partial charge >= 0.3 is 12.0 Å². The van der Waals surface area contributed by atoms with Crippen molar-refractivity contribution in [2.45, 2.75) is 49.0 Å². The number of carbonyl (C=O) groups excluding carboxylic acids is 2. The second-order valence-electron chi connectivity index (χ2n) is 12.7. The van der Waals surface area contributed by atoms with E-state index in [1.54, 1.807) is 43.4 Å². The number of piperidine rings is 1. The minimum atomic E-state index is -0.494. The first kappa shape index (κ1) is 35.7. The maximum absolute atomic E-state index is 13.6. The van der Waals surface area contributed by atoms with Gasteiger partial charge in [-0.05, 0) is 102 Å². The van der Waals surface area contributed by atoms with Gasteiger partial charge in [-0.15, -0.1) is 0 Å². The summed E-state index contributed by atoms with van der Waals surface area (Å²) in [5.74, 6) is 2.16. The molecule has 3 aromatic rings. The fourth-order valence-corrected chi connectivity index (χ4v) is 6.84. The molecule has 2 saturated heterocycles. The Morgan fingerprint density at radius 1 is 0.854 bits per heavy atom. The van der Waals surface area contributed by atoms with Crippen LogP contribution in [-0.4, -0.2) is 97.6 Å². The number of hydrogen-bond acceptors (Lipinski definition) is 8. The van der Waals surface area contributed by atoms with Crippen molar-refractivity contribution in [1.82, 2.24) is 15.1 Å².